The van der Waals surface area contributed by atoms with Gasteiger partial charge in [-0.2, -0.15) is 0 Å². The highest BCUT2D eigenvalue weighted by atomic mass is 19.1. The molecule has 0 amide bonds. The van der Waals surface area contributed by atoms with Crippen LogP contribution in [0.5, 0.6) is 5.75 Å². The second-order valence-corrected chi connectivity index (χ2v) is 5.40. The molecule has 0 atom stereocenters. The minimum Gasteiger partial charge on any atom is -0.492 e. The number of aliphatic imine (C=N–C) groups is 1. The summed E-state index contributed by atoms with van der Waals surface area (Å²) < 4.78 is 19.3. The summed E-state index contributed by atoms with van der Waals surface area (Å²) in [7, 11) is 3.69. The monoisotopic (exact) mass is 329 g/mol. The highest BCUT2D eigenvalue weighted by Gasteiger charge is 2.06. The van der Waals surface area contributed by atoms with Gasteiger partial charge in [-0.3, -0.25) is 4.99 Å². The van der Waals surface area contributed by atoms with Gasteiger partial charge < -0.3 is 15.0 Å². The summed E-state index contributed by atoms with van der Waals surface area (Å²) in [5.74, 6) is 1.45. The van der Waals surface area contributed by atoms with Crippen molar-refractivity contribution in [2.75, 3.05) is 33.8 Å². The van der Waals surface area contributed by atoms with Gasteiger partial charge in [-0.1, -0.05) is 36.4 Å². The molecule has 5 heteroatoms. The van der Waals surface area contributed by atoms with Crippen molar-refractivity contribution in [1.82, 2.24) is 10.2 Å². The lowest BCUT2D eigenvalue weighted by Gasteiger charge is -2.22. The number of ether oxygens (including phenoxy) is 1. The summed E-state index contributed by atoms with van der Waals surface area (Å²) in [5, 5.41) is 3.25. The molecule has 4 nitrogen and oxygen atoms in total. The molecule has 1 N–H and O–H groups in total. The fourth-order valence-corrected chi connectivity index (χ4v) is 2.32. The summed E-state index contributed by atoms with van der Waals surface area (Å²) in [6.45, 7) is 1.89. The van der Waals surface area contributed by atoms with E-state index in [1.807, 2.05) is 48.3 Å². The second-order valence-electron chi connectivity index (χ2n) is 5.40. The van der Waals surface area contributed by atoms with Crippen molar-refractivity contribution in [3.05, 3.63) is 66.0 Å². The fraction of sp³-hybridized carbons (Fsp3) is 0.316. The van der Waals surface area contributed by atoms with Crippen LogP contribution in [0.2, 0.25) is 0 Å². The second kappa shape index (κ2) is 9.55. The zero-order valence-electron chi connectivity index (χ0n) is 14.2. The van der Waals surface area contributed by atoms with Crippen LogP contribution < -0.4 is 10.1 Å². The molecule has 0 aliphatic rings. The molecular weight excluding hydrogens is 305 g/mol. The average Bonchev–Trinajstić information content (AvgIpc) is 2.61. The first-order chi connectivity index (χ1) is 11.7. The Morgan fingerprint density at radius 3 is 2.54 bits per heavy atom. The standard InChI is InChI=1S/C19H24FN3O/c1-21-19(22-13-12-16-8-6-7-11-18(16)20)23(2)14-15-24-17-9-4-3-5-10-17/h3-11H,12-15H2,1-2H3,(H,21,22). The molecule has 0 radical (unpaired) electrons. The third-order valence-corrected chi connectivity index (χ3v) is 3.65. The molecular formula is C19H24FN3O. The first kappa shape index (κ1) is 17.8. The van der Waals surface area contributed by atoms with E-state index in [0.29, 0.717) is 31.7 Å². The predicted molar refractivity (Wildman–Crippen MR) is 96.0 cm³/mol. The van der Waals surface area contributed by atoms with Crippen molar-refractivity contribution in [2.45, 2.75) is 6.42 Å². The van der Waals surface area contributed by atoms with Gasteiger partial charge in [-0.25, -0.2) is 4.39 Å². The molecule has 0 unspecified atom stereocenters. The van der Waals surface area contributed by atoms with E-state index in [2.05, 4.69) is 10.3 Å². The van der Waals surface area contributed by atoms with E-state index >= 15 is 0 Å². The third kappa shape index (κ3) is 5.57. The Morgan fingerprint density at radius 2 is 1.83 bits per heavy atom. The lowest BCUT2D eigenvalue weighted by Crippen LogP contribution is -2.41. The minimum atomic E-state index is -0.168. The van der Waals surface area contributed by atoms with E-state index in [9.17, 15) is 4.39 Å². The highest BCUT2D eigenvalue weighted by molar-refractivity contribution is 5.79. The van der Waals surface area contributed by atoms with Crippen LogP contribution in [0.4, 0.5) is 4.39 Å². The van der Waals surface area contributed by atoms with Crippen molar-refractivity contribution >= 4 is 5.96 Å². The van der Waals surface area contributed by atoms with Crippen LogP contribution in [0.1, 0.15) is 5.56 Å². The van der Waals surface area contributed by atoms with Crippen LogP contribution >= 0.6 is 0 Å². The third-order valence-electron chi connectivity index (χ3n) is 3.65. The van der Waals surface area contributed by atoms with Gasteiger partial charge in [0.1, 0.15) is 18.2 Å². The number of nitrogens with one attached hydrogen (secondary N) is 1. The van der Waals surface area contributed by atoms with E-state index in [4.69, 9.17) is 4.74 Å². The van der Waals surface area contributed by atoms with E-state index < -0.39 is 0 Å². The zero-order chi connectivity index (χ0) is 17.2. The Hall–Kier alpha value is -2.56. The van der Waals surface area contributed by atoms with Gasteiger partial charge in [0.05, 0.1) is 6.54 Å². The van der Waals surface area contributed by atoms with Crippen molar-refractivity contribution in [3.8, 4) is 5.75 Å². The molecule has 2 aromatic carbocycles. The fourth-order valence-electron chi connectivity index (χ4n) is 2.32. The number of likely N-dealkylation sites (N-methyl/N-ethyl adjacent to an activating group) is 1. The average molecular weight is 329 g/mol. The summed E-state index contributed by atoms with van der Waals surface area (Å²) in [4.78, 5) is 6.24. The Kier molecular flexibility index (Phi) is 7.08. The summed E-state index contributed by atoms with van der Waals surface area (Å²) >= 11 is 0. The van der Waals surface area contributed by atoms with Crippen LogP contribution in [0.15, 0.2) is 59.6 Å². The van der Waals surface area contributed by atoms with Gasteiger partial charge in [-0.05, 0) is 30.2 Å². The molecule has 0 aliphatic heterocycles. The molecule has 2 rings (SSSR count). The molecule has 128 valence electrons. The number of halogens is 1. The molecule has 0 saturated heterocycles. The van der Waals surface area contributed by atoms with Crippen LogP contribution in [0, 0.1) is 5.82 Å². The lowest BCUT2D eigenvalue weighted by atomic mass is 10.1. The van der Waals surface area contributed by atoms with Gasteiger partial charge in [0, 0.05) is 20.6 Å². The van der Waals surface area contributed by atoms with Gasteiger partial charge in [0.2, 0.25) is 0 Å². The van der Waals surface area contributed by atoms with Crippen molar-refractivity contribution in [3.63, 3.8) is 0 Å². The predicted octanol–water partition coefficient (Wildman–Crippen LogP) is 2.95. The quantitative estimate of drug-likeness (QED) is 0.627. The molecule has 0 heterocycles. The Labute approximate surface area is 143 Å². The van der Waals surface area contributed by atoms with E-state index in [1.165, 1.54) is 6.07 Å². The highest BCUT2D eigenvalue weighted by Crippen LogP contribution is 2.08. The maximum atomic E-state index is 13.6. The summed E-state index contributed by atoms with van der Waals surface area (Å²) in [6, 6.07) is 16.5. The van der Waals surface area contributed by atoms with E-state index in [1.54, 1.807) is 19.2 Å². The van der Waals surface area contributed by atoms with E-state index in [0.717, 1.165) is 11.7 Å². The molecule has 0 bridgehead atoms. The van der Waals surface area contributed by atoms with Gasteiger partial charge in [0.25, 0.3) is 0 Å². The molecule has 2 aromatic rings. The first-order valence-electron chi connectivity index (χ1n) is 8.03. The van der Waals surface area contributed by atoms with Crippen LogP contribution in [0.25, 0.3) is 0 Å². The molecule has 0 aromatic heterocycles. The smallest absolute Gasteiger partial charge is 0.193 e. The zero-order valence-corrected chi connectivity index (χ0v) is 14.2. The Balaban J connectivity index is 1.73. The largest absolute Gasteiger partial charge is 0.492 e. The molecule has 0 spiro atoms. The number of nitrogens with zero attached hydrogens (tertiary/aromatic N) is 2. The first-order valence-corrected chi connectivity index (χ1v) is 8.03. The van der Waals surface area contributed by atoms with E-state index in [-0.39, 0.29) is 5.82 Å². The number of rotatable bonds is 7. The van der Waals surface area contributed by atoms with Gasteiger partial charge >= 0.3 is 0 Å². The molecule has 0 fully saturated rings. The van der Waals surface area contributed by atoms with Crippen molar-refractivity contribution in [1.29, 1.82) is 0 Å². The number of hydrogen-bond donors (Lipinski definition) is 1. The van der Waals surface area contributed by atoms with Crippen molar-refractivity contribution in [2.24, 2.45) is 4.99 Å². The van der Waals surface area contributed by atoms with Crippen molar-refractivity contribution < 1.29 is 9.13 Å². The molecule has 0 aliphatic carbocycles. The molecule has 24 heavy (non-hydrogen) atoms. The van der Waals surface area contributed by atoms with Gasteiger partial charge in [0.15, 0.2) is 5.96 Å². The lowest BCUT2D eigenvalue weighted by molar-refractivity contribution is 0.281. The topological polar surface area (TPSA) is 36.9 Å². The van der Waals surface area contributed by atoms with Crippen LogP contribution in [-0.4, -0.2) is 44.7 Å². The Bertz CT molecular complexity index is 646. The summed E-state index contributed by atoms with van der Waals surface area (Å²) in [6.07, 6.45) is 0.611. The number of guanidine groups is 1. The number of para-hydroxylation sites is 1. The maximum absolute atomic E-state index is 13.6. The maximum Gasteiger partial charge on any atom is 0.193 e. The van der Waals surface area contributed by atoms with Gasteiger partial charge in [-0.15, -0.1) is 0 Å². The van der Waals surface area contributed by atoms with Crippen LogP contribution in [0.3, 0.4) is 0 Å². The number of benzene rings is 2. The Morgan fingerprint density at radius 1 is 1.12 bits per heavy atom. The minimum absolute atomic E-state index is 0.168. The summed E-state index contributed by atoms with van der Waals surface area (Å²) in [5.41, 5.74) is 0.704. The normalized spacial score (nSPS) is 11.2. The molecule has 0 saturated carbocycles. The van der Waals surface area contributed by atoms with Crippen LogP contribution in [-0.2, 0) is 6.42 Å². The SMILES string of the molecule is CN=C(NCCc1ccccc1F)N(C)CCOc1ccccc1. The number of hydrogen-bond acceptors (Lipinski definition) is 2.